The van der Waals surface area contributed by atoms with Crippen LogP contribution in [-0.4, -0.2) is 25.8 Å². The molecule has 1 rings (SSSR count). The summed E-state index contributed by atoms with van der Waals surface area (Å²) in [5.41, 5.74) is -0.146. The van der Waals surface area contributed by atoms with Crippen molar-refractivity contribution in [2.75, 3.05) is 25.1 Å². The van der Waals surface area contributed by atoms with Crippen LogP contribution in [0.3, 0.4) is 0 Å². The van der Waals surface area contributed by atoms with Gasteiger partial charge in [-0.15, -0.1) is 6.58 Å². The molecule has 0 spiro atoms. The number of alkyl halides is 3. The lowest BCUT2D eigenvalue weighted by atomic mass is 10.2. The number of anilines is 1. The third kappa shape index (κ3) is 7.32. The maximum Gasteiger partial charge on any atom is 0.416 e. The SMILES string of the molecule is C=CCOCC/C(=C\C(=O)OCC)Nc1cccc(C(F)(F)F)c1. The van der Waals surface area contributed by atoms with E-state index in [2.05, 4.69) is 11.9 Å². The van der Waals surface area contributed by atoms with Crippen molar-refractivity contribution >= 4 is 11.7 Å². The lowest BCUT2D eigenvalue weighted by Crippen LogP contribution is -2.10. The Morgan fingerprint density at radius 1 is 1.38 bits per heavy atom. The lowest BCUT2D eigenvalue weighted by molar-refractivity contribution is -0.138. The van der Waals surface area contributed by atoms with Crippen molar-refractivity contribution in [2.45, 2.75) is 19.5 Å². The monoisotopic (exact) mass is 343 g/mol. The first-order chi connectivity index (χ1) is 11.4. The minimum atomic E-state index is -4.43. The molecule has 0 atom stereocenters. The first kappa shape index (κ1) is 19.8. The number of carbonyl (C=O) groups is 1. The molecule has 24 heavy (non-hydrogen) atoms. The fraction of sp³-hybridized carbons (Fsp3) is 0.353. The molecule has 1 N–H and O–H groups in total. The molecule has 1 aromatic rings. The number of halogens is 3. The van der Waals surface area contributed by atoms with Crippen LogP contribution in [0.2, 0.25) is 0 Å². The van der Waals surface area contributed by atoms with E-state index in [1.807, 2.05) is 0 Å². The maximum atomic E-state index is 12.8. The van der Waals surface area contributed by atoms with Crippen LogP contribution in [0.4, 0.5) is 18.9 Å². The molecule has 0 saturated heterocycles. The van der Waals surface area contributed by atoms with Crippen LogP contribution in [0, 0.1) is 0 Å². The summed E-state index contributed by atoms with van der Waals surface area (Å²) in [5, 5.41) is 2.81. The van der Waals surface area contributed by atoms with Crippen LogP contribution < -0.4 is 5.32 Å². The molecule has 7 heteroatoms. The van der Waals surface area contributed by atoms with E-state index in [9.17, 15) is 18.0 Å². The quantitative estimate of drug-likeness (QED) is 0.317. The van der Waals surface area contributed by atoms with Gasteiger partial charge in [0.2, 0.25) is 0 Å². The zero-order valence-corrected chi connectivity index (χ0v) is 13.4. The van der Waals surface area contributed by atoms with Crippen LogP contribution in [0.25, 0.3) is 0 Å². The van der Waals surface area contributed by atoms with Gasteiger partial charge in [0.1, 0.15) is 0 Å². The van der Waals surface area contributed by atoms with Crippen molar-refractivity contribution in [1.82, 2.24) is 0 Å². The molecule has 0 saturated carbocycles. The zero-order chi connectivity index (χ0) is 18.0. The van der Waals surface area contributed by atoms with E-state index in [1.165, 1.54) is 18.2 Å². The molecule has 0 unspecified atom stereocenters. The fourth-order valence-corrected chi connectivity index (χ4v) is 1.80. The number of ether oxygens (including phenoxy) is 2. The lowest BCUT2D eigenvalue weighted by Gasteiger charge is -2.13. The Kier molecular flexibility index (Phi) is 8.05. The molecule has 0 aliphatic carbocycles. The highest BCUT2D eigenvalue weighted by atomic mass is 19.4. The zero-order valence-electron chi connectivity index (χ0n) is 13.4. The molecule has 0 amide bonds. The third-order valence-electron chi connectivity index (χ3n) is 2.82. The Labute approximate surface area is 139 Å². The number of carbonyl (C=O) groups excluding carboxylic acids is 1. The van der Waals surface area contributed by atoms with Crippen molar-refractivity contribution in [1.29, 1.82) is 0 Å². The summed E-state index contributed by atoms with van der Waals surface area (Å²) >= 11 is 0. The minimum absolute atomic E-state index is 0.207. The van der Waals surface area contributed by atoms with Gasteiger partial charge in [-0.05, 0) is 25.1 Å². The van der Waals surface area contributed by atoms with Crippen LogP contribution >= 0.6 is 0 Å². The van der Waals surface area contributed by atoms with Gasteiger partial charge in [-0.1, -0.05) is 12.1 Å². The highest BCUT2D eigenvalue weighted by Gasteiger charge is 2.30. The topological polar surface area (TPSA) is 47.6 Å². The minimum Gasteiger partial charge on any atom is -0.463 e. The molecule has 0 bridgehead atoms. The van der Waals surface area contributed by atoms with Crippen molar-refractivity contribution < 1.29 is 27.4 Å². The van der Waals surface area contributed by atoms with E-state index in [4.69, 9.17) is 9.47 Å². The van der Waals surface area contributed by atoms with Gasteiger partial charge in [-0.2, -0.15) is 13.2 Å². The number of benzene rings is 1. The molecule has 4 nitrogen and oxygen atoms in total. The molecule has 1 aromatic carbocycles. The summed E-state index contributed by atoms with van der Waals surface area (Å²) in [5.74, 6) is -0.573. The van der Waals surface area contributed by atoms with Gasteiger partial charge in [0.05, 0.1) is 25.4 Å². The molecule has 0 aliphatic rings. The molecular weight excluding hydrogens is 323 g/mol. The Morgan fingerprint density at radius 2 is 2.12 bits per heavy atom. The molecule has 0 fully saturated rings. The van der Waals surface area contributed by atoms with Gasteiger partial charge < -0.3 is 14.8 Å². The Morgan fingerprint density at radius 3 is 2.75 bits per heavy atom. The number of rotatable bonds is 9. The fourth-order valence-electron chi connectivity index (χ4n) is 1.80. The van der Waals surface area contributed by atoms with Gasteiger partial charge in [0, 0.05) is 23.9 Å². The molecule has 0 radical (unpaired) electrons. The van der Waals surface area contributed by atoms with Crippen molar-refractivity contribution in [2.24, 2.45) is 0 Å². The van der Waals surface area contributed by atoms with E-state index in [0.29, 0.717) is 18.7 Å². The summed E-state index contributed by atoms with van der Waals surface area (Å²) in [6.07, 6.45) is -1.34. The van der Waals surface area contributed by atoms with E-state index < -0.39 is 17.7 Å². The average molecular weight is 343 g/mol. The number of hydrogen-bond donors (Lipinski definition) is 1. The van der Waals surface area contributed by atoms with E-state index in [0.717, 1.165) is 12.1 Å². The third-order valence-corrected chi connectivity index (χ3v) is 2.82. The standard InChI is InChI=1S/C17H20F3NO3/c1-3-9-23-10-8-15(12-16(22)24-4-2)21-14-7-5-6-13(11-14)17(18,19)20/h3,5-7,11-12,21H,1,4,8-10H2,2H3/b15-12+. The predicted octanol–water partition coefficient (Wildman–Crippen LogP) is 4.16. The first-order valence-corrected chi connectivity index (χ1v) is 7.37. The largest absolute Gasteiger partial charge is 0.463 e. The summed E-state index contributed by atoms with van der Waals surface area (Å²) in [6, 6.07) is 4.73. The van der Waals surface area contributed by atoms with Crippen LogP contribution in [0.5, 0.6) is 0 Å². The second-order valence-electron chi connectivity index (χ2n) is 4.74. The number of esters is 1. The Hall–Kier alpha value is -2.28. The predicted molar refractivity (Wildman–Crippen MR) is 85.4 cm³/mol. The highest BCUT2D eigenvalue weighted by molar-refractivity contribution is 5.83. The second kappa shape index (κ2) is 9.77. The second-order valence-corrected chi connectivity index (χ2v) is 4.74. The van der Waals surface area contributed by atoms with Gasteiger partial charge in [0.25, 0.3) is 0 Å². The first-order valence-electron chi connectivity index (χ1n) is 7.37. The number of hydrogen-bond acceptors (Lipinski definition) is 4. The van der Waals surface area contributed by atoms with E-state index in [-0.39, 0.29) is 18.9 Å². The van der Waals surface area contributed by atoms with Crippen LogP contribution in [0.1, 0.15) is 18.9 Å². The normalized spacial score (nSPS) is 11.9. The van der Waals surface area contributed by atoms with Gasteiger partial charge in [-0.3, -0.25) is 0 Å². The van der Waals surface area contributed by atoms with Crippen molar-refractivity contribution in [3.63, 3.8) is 0 Å². The molecule has 0 heterocycles. The van der Waals surface area contributed by atoms with Gasteiger partial charge in [-0.25, -0.2) is 4.79 Å². The van der Waals surface area contributed by atoms with Crippen molar-refractivity contribution in [3.05, 3.63) is 54.3 Å². The van der Waals surface area contributed by atoms with Crippen LogP contribution in [0.15, 0.2) is 48.7 Å². The number of nitrogens with one attached hydrogen (secondary N) is 1. The molecule has 0 aromatic heterocycles. The van der Waals surface area contributed by atoms with Gasteiger partial charge >= 0.3 is 12.1 Å². The molecule has 132 valence electrons. The summed E-state index contributed by atoms with van der Waals surface area (Å²) < 4.78 is 48.3. The smallest absolute Gasteiger partial charge is 0.416 e. The molecular formula is C17H20F3NO3. The van der Waals surface area contributed by atoms with E-state index >= 15 is 0 Å². The highest BCUT2D eigenvalue weighted by Crippen LogP contribution is 2.31. The summed E-state index contributed by atoms with van der Waals surface area (Å²) in [6.45, 7) is 6.01. The Bertz CT molecular complexity index is 583. The summed E-state index contributed by atoms with van der Waals surface area (Å²) in [7, 11) is 0. The van der Waals surface area contributed by atoms with Gasteiger partial charge in [0.15, 0.2) is 0 Å². The Balaban J connectivity index is 2.87. The van der Waals surface area contributed by atoms with Crippen LogP contribution in [-0.2, 0) is 20.4 Å². The maximum absolute atomic E-state index is 12.8. The van der Waals surface area contributed by atoms with E-state index in [1.54, 1.807) is 13.0 Å². The molecule has 0 aliphatic heterocycles. The summed E-state index contributed by atoms with van der Waals surface area (Å²) in [4.78, 5) is 11.6. The average Bonchev–Trinajstić information content (AvgIpc) is 2.51. The van der Waals surface area contributed by atoms with Crippen molar-refractivity contribution in [3.8, 4) is 0 Å².